The van der Waals surface area contributed by atoms with Gasteiger partial charge in [0.2, 0.25) is 5.91 Å². The number of amides is 1. The molecule has 11 nitrogen and oxygen atoms in total. The fourth-order valence-electron chi connectivity index (χ4n) is 10.2. The Kier molecular flexibility index (Phi) is 54.8. The first-order chi connectivity index (χ1) is 39.2. The number of rotatable bonds is 58. The molecule has 0 bridgehead atoms. The van der Waals surface area contributed by atoms with E-state index in [2.05, 4.69) is 67.8 Å². The molecule has 0 aromatic rings. The van der Waals surface area contributed by atoms with Crippen molar-refractivity contribution < 1.29 is 49.3 Å². The van der Waals surface area contributed by atoms with Gasteiger partial charge in [0.05, 0.1) is 32.0 Å². The zero-order chi connectivity index (χ0) is 58.0. The molecule has 6 N–H and O–H groups in total. The summed E-state index contributed by atoms with van der Waals surface area (Å²) >= 11 is 0. The van der Waals surface area contributed by atoms with Crippen molar-refractivity contribution in [2.24, 2.45) is 0 Å². The van der Waals surface area contributed by atoms with Crippen molar-refractivity contribution in [1.82, 2.24) is 5.32 Å². The average Bonchev–Trinajstić information content (AvgIpc) is 3.46. The van der Waals surface area contributed by atoms with Crippen LogP contribution in [0.25, 0.3) is 0 Å². The maximum absolute atomic E-state index is 13.0. The minimum absolute atomic E-state index is 0.00433. The maximum Gasteiger partial charge on any atom is 0.305 e. The fourth-order valence-corrected chi connectivity index (χ4v) is 10.2. The third-order valence-corrected chi connectivity index (χ3v) is 15.6. The molecule has 1 amide bonds. The summed E-state index contributed by atoms with van der Waals surface area (Å²) in [7, 11) is 0. The zero-order valence-electron chi connectivity index (χ0n) is 51.5. The van der Waals surface area contributed by atoms with Crippen LogP contribution in [0.5, 0.6) is 0 Å². The summed E-state index contributed by atoms with van der Waals surface area (Å²) in [5.41, 5.74) is 0. The highest BCUT2D eigenvalue weighted by molar-refractivity contribution is 5.76. The van der Waals surface area contributed by atoms with Crippen molar-refractivity contribution in [1.29, 1.82) is 0 Å². The number of aliphatic hydroxyl groups excluding tert-OH is 5. The van der Waals surface area contributed by atoms with Crippen LogP contribution in [0, 0.1) is 0 Å². The van der Waals surface area contributed by atoms with Gasteiger partial charge in [0.25, 0.3) is 0 Å². The molecular weight excluding hydrogens is 1000 g/mol. The van der Waals surface area contributed by atoms with E-state index in [0.717, 1.165) is 64.2 Å². The minimum Gasteiger partial charge on any atom is -0.466 e. The summed E-state index contributed by atoms with van der Waals surface area (Å²) in [5.74, 6) is -0.201. The van der Waals surface area contributed by atoms with Gasteiger partial charge in [-0.25, -0.2) is 0 Å². The minimum atomic E-state index is -1.58. The Hall–Kier alpha value is -2.64. The third-order valence-electron chi connectivity index (χ3n) is 15.6. The molecule has 466 valence electrons. The lowest BCUT2D eigenvalue weighted by Crippen LogP contribution is -2.60. The van der Waals surface area contributed by atoms with E-state index >= 15 is 0 Å². The molecule has 7 unspecified atom stereocenters. The molecule has 80 heavy (non-hydrogen) atoms. The smallest absolute Gasteiger partial charge is 0.305 e. The predicted molar refractivity (Wildman–Crippen MR) is 333 cm³/mol. The molecule has 1 fully saturated rings. The summed E-state index contributed by atoms with van der Waals surface area (Å²) in [6.07, 6.45) is 66.5. The lowest BCUT2D eigenvalue weighted by molar-refractivity contribution is -0.302. The van der Waals surface area contributed by atoms with E-state index < -0.39 is 49.5 Å². The van der Waals surface area contributed by atoms with Gasteiger partial charge in [-0.05, 0) is 103 Å². The molecule has 0 aromatic heterocycles. The highest BCUT2D eigenvalue weighted by Crippen LogP contribution is 2.23. The number of aliphatic hydroxyl groups is 5. The second-order valence-corrected chi connectivity index (χ2v) is 23.2. The summed E-state index contributed by atoms with van der Waals surface area (Å²) in [4.78, 5) is 25.1. The van der Waals surface area contributed by atoms with Gasteiger partial charge in [0.15, 0.2) is 6.29 Å². The van der Waals surface area contributed by atoms with Crippen molar-refractivity contribution in [2.75, 3.05) is 19.8 Å². The Morgan fingerprint density at radius 1 is 0.463 bits per heavy atom. The van der Waals surface area contributed by atoms with Crippen LogP contribution in [0.15, 0.2) is 60.8 Å². The summed E-state index contributed by atoms with van der Waals surface area (Å²) in [6, 6.07) is -0.828. The van der Waals surface area contributed by atoms with Crippen molar-refractivity contribution in [3.05, 3.63) is 60.8 Å². The zero-order valence-corrected chi connectivity index (χ0v) is 51.5. The van der Waals surface area contributed by atoms with Gasteiger partial charge >= 0.3 is 5.97 Å². The van der Waals surface area contributed by atoms with Gasteiger partial charge in [-0.1, -0.05) is 248 Å². The van der Waals surface area contributed by atoms with Gasteiger partial charge in [-0.15, -0.1) is 0 Å². The summed E-state index contributed by atoms with van der Waals surface area (Å²) in [6.45, 7) is 4.25. The predicted octanol–water partition coefficient (Wildman–Crippen LogP) is 16.6. The molecule has 1 aliphatic rings. The number of unbranched alkanes of at least 4 members (excludes halogenated alkanes) is 36. The highest BCUT2D eigenvalue weighted by atomic mass is 16.7. The SMILES string of the molecule is CCCCC/C=C\C/C=C\CCCCCCCCCC(=O)OCCCCCCCCCCCCCC/C=C\CCCCCCCCCCCCC(=O)NC(COC1OC(CO)C(O)C(O)C1O)C(O)/C=C/CC/C=C/CCCCC. The molecule has 1 heterocycles. The van der Waals surface area contributed by atoms with Crippen molar-refractivity contribution in [3.8, 4) is 0 Å². The highest BCUT2D eigenvalue weighted by Gasteiger charge is 2.44. The van der Waals surface area contributed by atoms with Crippen LogP contribution in [0.4, 0.5) is 0 Å². The van der Waals surface area contributed by atoms with Crippen LogP contribution in [-0.2, 0) is 23.8 Å². The van der Waals surface area contributed by atoms with Gasteiger partial charge in [0.1, 0.15) is 24.4 Å². The number of nitrogens with one attached hydrogen (secondary N) is 1. The number of esters is 1. The maximum atomic E-state index is 13.0. The van der Waals surface area contributed by atoms with Crippen molar-refractivity contribution >= 4 is 11.9 Å². The van der Waals surface area contributed by atoms with E-state index in [9.17, 15) is 35.1 Å². The first kappa shape index (κ1) is 75.4. The topological polar surface area (TPSA) is 175 Å². The molecule has 0 aromatic carbocycles. The Balaban J connectivity index is 1.94. The normalized spacial score (nSPS) is 18.7. The van der Waals surface area contributed by atoms with E-state index in [4.69, 9.17) is 14.2 Å². The number of hydrogen-bond acceptors (Lipinski definition) is 10. The van der Waals surface area contributed by atoms with E-state index in [0.29, 0.717) is 19.4 Å². The van der Waals surface area contributed by atoms with E-state index in [1.807, 2.05) is 6.08 Å². The van der Waals surface area contributed by atoms with Crippen LogP contribution in [0.3, 0.4) is 0 Å². The second kappa shape index (κ2) is 58.1. The van der Waals surface area contributed by atoms with E-state index in [1.165, 1.54) is 212 Å². The number of allylic oxidation sites excluding steroid dienone is 9. The average molecular weight is 1130 g/mol. The van der Waals surface area contributed by atoms with Gasteiger partial charge < -0.3 is 45.1 Å². The first-order valence-electron chi connectivity index (χ1n) is 33.6. The quantitative estimate of drug-likeness (QED) is 0.0195. The number of carbonyl (C=O) groups is 2. The van der Waals surface area contributed by atoms with Crippen LogP contribution in [0.2, 0.25) is 0 Å². The second-order valence-electron chi connectivity index (χ2n) is 23.2. The third kappa shape index (κ3) is 46.8. The molecule has 11 heteroatoms. The molecule has 7 atom stereocenters. The largest absolute Gasteiger partial charge is 0.466 e. The lowest BCUT2D eigenvalue weighted by Gasteiger charge is -2.40. The number of carbonyl (C=O) groups excluding carboxylic acids is 2. The van der Waals surface area contributed by atoms with Gasteiger partial charge in [-0.3, -0.25) is 9.59 Å². The Morgan fingerprint density at radius 3 is 1.31 bits per heavy atom. The van der Waals surface area contributed by atoms with Crippen LogP contribution < -0.4 is 5.32 Å². The van der Waals surface area contributed by atoms with Crippen LogP contribution in [-0.4, -0.2) is 100 Å². The molecule has 0 spiro atoms. The van der Waals surface area contributed by atoms with Crippen molar-refractivity contribution in [2.45, 2.75) is 346 Å². The monoisotopic (exact) mass is 1130 g/mol. The fraction of sp³-hybridized carbons (Fsp3) is 0.826. The lowest BCUT2D eigenvalue weighted by atomic mass is 9.99. The van der Waals surface area contributed by atoms with Gasteiger partial charge in [-0.2, -0.15) is 0 Å². The molecular formula is C69H125NO10. The molecule has 0 aliphatic carbocycles. The summed E-state index contributed by atoms with van der Waals surface area (Å²) in [5, 5.41) is 54.2. The van der Waals surface area contributed by atoms with Gasteiger partial charge in [0, 0.05) is 12.8 Å². The van der Waals surface area contributed by atoms with Crippen LogP contribution >= 0.6 is 0 Å². The van der Waals surface area contributed by atoms with Crippen LogP contribution in [0.1, 0.15) is 303 Å². The Labute approximate surface area is 490 Å². The molecule has 0 saturated carbocycles. The van der Waals surface area contributed by atoms with Crippen molar-refractivity contribution in [3.63, 3.8) is 0 Å². The number of hydrogen-bond donors (Lipinski definition) is 6. The summed E-state index contributed by atoms with van der Waals surface area (Å²) < 4.78 is 16.7. The molecule has 1 aliphatic heterocycles. The number of ether oxygens (including phenoxy) is 3. The Morgan fingerprint density at radius 2 is 0.850 bits per heavy atom. The molecule has 1 saturated heterocycles. The Bertz CT molecular complexity index is 1510. The standard InChI is InChI=1S/C69H125NO10/c1-3-5-7-9-11-13-14-15-16-27-31-34-37-41-45-49-53-57-65(74)78-58-54-50-46-42-38-35-32-29-26-24-22-20-18-17-19-21-23-25-28-30-33-36-40-44-48-52-56-64(73)70-61(62(72)55-51-47-43-39-12-10-8-6-4-2)60-79-69-68(77)67(76)66(75)63(59-71)80-69/h11-13,15-17,19,39,51,55,61-63,66-69,71-72,75-77H,3-10,14,18,20-38,40-50,52-54,56-60H2,1-2H3,(H,70,73)/b13-11-,16-15-,19-17-,39-12+,55-51+. The molecule has 0 radical (unpaired) electrons. The van der Waals surface area contributed by atoms with E-state index in [-0.39, 0.29) is 18.5 Å². The first-order valence-corrected chi connectivity index (χ1v) is 33.6. The van der Waals surface area contributed by atoms with E-state index in [1.54, 1.807) is 6.08 Å². The molecule has 1 rings (SSSR count).